The summed E-state index contributed by atoms with van der Waals surface area (Å²) in [6.45, 7) is 18.4. The van der Waals surface area contributed by atoms with E-state index in [1.54, 1.807) is 24.4 Å². The maximum absolute atomic E-state index is 13.0. The Morgan fingerprint density at radius 1 is 1.21 bits per heavy atom. The summed E-state index contributed by atoms with van der Waals surface area (Å²) in [5, 5.41) is 9.99. The van der Waals surface area contributed by atoms with Gasteiger partial charge in [0, 0.05) is 55.1 Å². The number of benzene rings is 1. The van der Waals surface area contributed by atoms with Crippen molar-refractivity contribution in [1.82, 2.24) is 15.0 Å². The zero-order chi connectivity index (χ0) is 28.2. The van der Waals surface area contributed by atoms with Crippen LogP contribution in [0, 0.1) is 6.92 Å². The molecule has 39 heavy (non-hydrogen) atoms. The molecule has 1 saturated heterocycles. The zero-order valence-corrected chi connectivity index (χ0v) is 23.3. The van der Waals surface area contributed by atoms with Crippen LogP contribution in [0.2, 0.25) is 0 Å². The second kappa shape index (κ2) is 11.6. The fourth-order valence-corrected chi connectivity index (χ4v) is 4.15. The average Bonchev–Trinajstić information content (AvgIpc) is 3.39. The third-order valence-electron chi connectivity index (χ3n) is 6.60. The topological polar surface area (TPSA) is 137 Å². The van der Waals surface area contributed by atoms with E-state index in [-0.39, 0.29) is 11.3 Å². The summed E-state index contributed by atoms with van der Waals surface area (Å²) in [7, 11) is 0. The number of piperazine rings is 1. The number of nitrogens with one attached hydrogen (secondary N) is 2. The summed E-state index contributed by atoms with van der Waals surface area (Å²) >= 11 is 0. The van der Waals surface area contributed by atoms with Crippen molar-refractivity contribution in [3.05, 3.63) is 65.4 Å². The predicted octanol–water partition coefficient (Wildman–Crippen LogP) is 3.73. The van der Waals surface area contributed by atoms with Crippen molar-refractivity contribution in [3.63, 3.8) is 0 Å². The highest BCUT2D eigenvalue weighted by atomic mass is 16.5. The lowest BCUT2D eigenvalue weighted by Crippen LogP contribution is -2.48. The number of aryl methyl sites for hydroxylation is 1. The number of carbonyl (C=O) groups is 1. The molecular formula is C28H37N9O2. The Labute approximate surface area is 229 Å². The first kappa shape index (κ1) is 27.8. The van der Waals surface area contributed by atoms with Gasteiger partial charge >= 0.3 is 0 Å². The summed E-state index contributed by atoms with van der Waals surface area (Å²) in [4.78, 5) is 31.1. The van der Waals surface area contributed by atoms with Crippen LogP contribution >= 0.6 is 0 Å². The van der Waals surface area contributed by atoms with E-state index in [2.05, 4.69) is 49.1 Å². The zero-order valence-electron chi connectivity index (χ0n) is 23.3. The van der Waals surface area contributed by atoms with Crippen LogP contribution in [0.4, 0.5) is 11.5 Å². The van der Waals surface area contributed by atoms with Crippen LogP contribution in [0.15, 0.2) is 68.1 Å². The minimum Gasteiger partial charge on any atom is -0.383 e. The van der Waals surface area contributed by atoms with E-state index >= 15 is 0 Å². The number of allylic oxidation sites excluding steroid dienone is 1. The number of guanidine groups is 1. The fraction of sp³-hybridized carbons (Fsp3) is 0.393. The Balaban J connectivity index is 1.56. The molecule has 3 heterocycles. The van der Waals surface area contributed by atoms with E-state index in [4.69, 9.17) is 15.2 Å². The molecule has 206 valence electrons. The van der Waals surface area contributed by atoms with Gasteiger partial charge in [0.2, 0.25) is 5.96 Å². The summed E-state index contributed by atoms with van der Waals surface area (Å²) < 4.78 is 5.38. The monoisotopic (exact) mass is 531 g/mol. The van der Waals surface area contributed by atoms with Crippen molar-refractivity contribution in [1.29, 1.82) is 0 Å². The normalized spacial score (nSPS) is 18.6. The SMILES string of the molecule is C=C/N=C1/C=NC(N2CCN(CC)CC2)=N/C1=C(/N)Nc1cc(C(=O)Nc2cc(C(C)(C)C)on2)ccc1C. The molecule has 0 spiro atoms. The molecule has 1 aromatic carbocycles. The summed E-state index contributed by atoms with van der Waals surface area (Å²) in [6, 6.07) is 7.06. The van der Waals surface area contributed by atoms with E-state index in [1.807, 2.05) is 33.8 Å². The van der Waals surface area contributed by atoms with Gasteiger partial charge in [-0.05, 0) is 31.2 Å². The average molecular weight is 532 g/mol. The largest absolute Gasteiger partial charge is 0.383 e. The number of anilines is 2. The molecule has 1 fully saturated rings. The lowest BCUT2D eigenvalue weighted by molar-refractivity contribution is 0.102. The molecule has 0 aliphatic carbocycles. The quantitative estimate of drug-likeness (QED) is 0.516. The predicted molar refractivity (Wildman–Crippen MR) is 156 cm³/mol. The first-order valence-electron chi connectivity index (χ1n) is 13.0. The molecule has 2 aromatic rings. The number of nitrogens with two attached hydrogens (primary N) is 1. The molecule has 0 unspecified atom stereocenters. The first-order valence-corrected chi connectivity index (χ1v) is 13.0. The van der Waals surface area contributed by atoms with E-state index in [0.29, 0.717) is 46.0 Å². The van der Waals surface area contributed by atoms with Crippen LogP contribution in [-0.2, 0) is 5.41 Å². The Morgan fingerprint density at radius 3 is 2.59 bits per heavy atom. The van der Waals surface area contributed by atoms with Crippen molar-refractivity contribution >= 4 is 35.3 Å². The van der Waals surface area contributed by atoms with Crippen LogP contribution in [0.3, 0.4) is 0 Å². The summed E-state index contributed by atoms with van der Waals surface area (Å²) in [6.07, 6.45) is 3.08. The van der Waals surface area contributed by atoms with Gasteiger partial charge in [-0.25, -0.2) is 9.98 Å². The number of hydrogen-bond acceptors (Lipinski definition) is 10. The van der Waals surface area contributed by atoms with Crippen LogP contribution < -0.4 is 16.4 Å². The van der Waals surface area contributed by atoms with Gasteiger partial charge in [-0.3, -0.25) is 9.79 Å². The van der Waals surface area contributed by atoms with E-state index in [1.165, 1.54) is 6.20 Å². The molecular weight excluding hydrogens is 494 g/mol. The Kier molecular flexibility index (Phi) is 8.29. The molecule has 0 bridgehead atoms. The van der Waals surface area contributed by atoms with Crippen LogP contribution in [0.5, 0.6) is 0 Å². The van der Waals surface area contributed by atoms with E-state index in [0.717, 1.165) is 38.3 Å². The van der Waals surface area contributed by atoms with Crippen LogP contribution in [0.1, 0.15) is 49.4 Å². The van der Waals surface area contributed by atoms with E-state index in [9.17, 15) is 4.79 Å². The number of hydrogen-bond donors (Lipinski definition) is 3. The Morgan fingerprint density at radius 2 is 1.95 bits per heavy atom. The third-order valence-corrected chi connectivity index (χ3v) is 6.60. The minimum absolute atomic E-state index is 0.217. The number of aliphatic imine (C=N–C) groups is 3. The molecule has 0 radical (unpaired) electrons. The smallest absolute Gasteiger partial charge is 0.256 e. The molecule has 1 aromatic heterocycles. The second-order valence-corrected chi connectivity index (χ2v) is 10.5. The number of amides is 1. The van der Waals surface area contributed by atoms with E-state index < -0.39 is 0 Å². The van der Waals surface area contributed by atoms with Gasteiger partial charge in [0.1, 0.15) is 23.0 Å². The number of nitrogens with zero attached hydrogens (tertiary/aromatic N) is 6. The Bertz CT molecular complexity index is 1350. The highest BCUT2D eigenvalue weighted by molar-refractivity contribution is 6.41. The lowest BCUT2D eigenvalue weighted by Gasteiger charge is -2.35. The standard InChI is InChI=1S/C28H37N9O2/c1-7-30-21-17-31-27(37-13-11-36(8-2)12-14-37)34-24(21)25(29)32-20-15-19(10-9-18(20)3)26(38)33-23-16-22(39-35-23)28(4,5)6/h7,9-10,15-17,32H,1,8,11-14,29H2,2-6H3,(H,33,35,38)/b25-24-,30-21-. The highest BCUT2D eigenvalue weighted by Gasteiger charge is 2.24. The van der Waals surface area contributed by atoms with Gasteiger partial charge in [-0.1, -0.05) is 45.5 Å². The lowest BCUT2D eigenvalue weighted by atomic mass is 9.93. The van der Waals surface area contributed by atoms with Crippen molar-refractivity contribution < 1.29 is 9.32 Å². The molecule has 2 aliphatic rings. The maximum atomic E-state index is 13.0. The second-order valence-electron chi connectivity index (χ2n) is 10.5. The van der Waals surface area contributed by atoms with Gasteiger partial charge < -0.3 is 30.7 Å². The minimum atomic E-state index is -0.316. The van der Waals surface area contributed by atoms with Crippen molar-refractivity contribution in [2.24, 2.45) is 20.7 Å². The highest BCUT2D eigenvalue weighted by Crippen LogP contribution is 2.25. The molecule has 0 atom stereocenters. The van der Waals surface area contributed by atoms with Gasteiger partial charge in [-0.2, -0.15) is 0 Å². The molecule has 0 saturated carbocycles. The van der Waals surface area contributed by atoms with Crippen molar-refractivity contribution in [2.45, 2.75) is 40.0 Å². The third kappa shape index (κ3) is 6.61. The van der Waals surface area contributed by atoms with Gasteiger partial charge in [-0.15, -0.1) is 0 Å². The molecule has 4 rings (SSSR count). The van der Waals surface area contributed by atoms with Crippen molar-refractivity contribution in [2.75, 3.05) is 43.4 Å². The number of rotatable bonds is 6. The van der Waals surface area contributed by atoms with Gasteiger partial charge in [0.05, 0.1) is 6.21 Å². The summed E-state index contributed by atoms with van der Waals surface area (Å²) in [5.74, 6) is 1.61. The first-order chi connectivity index (χ1) is 18.6. The van der Waals surface area contributed by atoms with Crippen LogP contribution in [0.25, 0.3) is 0 Å². The molecule has 4 N–H and O–H groups in total. The number of aromatic nitrogens is 1. The molecule has 11 nitrogen and oxygen atoms in total. The summed E-state index contributed by atoms with van der Waals surface area (Å²) in [5.41, 5.74) is 9.28. The Hall–Kier alpha value is -4.25. The molecule has 11 heteroatoms. The molecule has 2 aliphatic heterocycles. The number of carbonyl (C=O) groups excluding carboxylic acids is 1. The fourth-order valence-electron chi connectivity index (χ4n) is 4.15. The maximum Gasteiger partial charge on any atom is 0.256 e. The van der Waals surface area contributed by atoms with Gasteiger partial charge in [0.15, 0.2) is 5.82 Å². The van der Waals surface area contributed by atoms with Crippen molar-refractivity contribution in [3.8, 4) is 0 Å². The number of likely N-dealkylation sites (N-methyl/N-ethyl adjacent to an activating group) is 1. The molecule has 1 amide bonds. The van der Waals surface area contributed by atoms with Crippen LogP contribution in [-0.4, -0.2) is 71.5 Å². The van der Waals surface area contributed by atoms with Gasteiger partial charge in [0.25, 0.3) is 5.91 Å².